The molecule has 0 saturated heterocycles. The highest BCUT2D eigenvalue weighted by Gasteiger charge is 2.14. The van der Waals surface area contributed by atoms with Gasteiger partial charge in [0.2, 0.25) is 0 Å². The first-order valence-electron chi connectivity index (χ1n) is 7.22. The van der Waals surface area contributed by atoms with Crippen molar-refractivity contribution in [2.24, 2.45) is 7.05 Å². The third kappa shape index (κ3) is 3.67. The maximum absolute atomic E-state index is 4.50. The Morgan fingerprint density at radius 2 is 2.20 bits per heavy atom. The summed E-state index contributed by atoms with van der Waals surface area (Å²) in [6.07, 6.45) is 5.11. The van der Waals surface area contributed by atoms with Gasteiger partial charge in [-0.2, -0.15) is 5.10 Å². The van der Waals surface area contributed by atoms with Crippen molar-refractivity contribution in [1.82, 2.24) is 20.1 Å². The fraction of sp³-hybridized carbons (Fsp3) is 0.600. The van der Waals surface area contributed by atoms with Crippen LogP contribution in [0.25, 0.3) is 0 Å². The smallest absolute Gasteiger partial charge is 0.0940 e. The largest absolute Gasteiger partial charge is 0.314 e. The predicted octanol–water partition coefficient (Wildman–Crippen LogP) is 2.65. The highest BCUT2D eigenvalue weighted by molar-refractivity contribution is 7.09. The minimum absolute atomic E-state index is 0.491. The average Bonchev–Trinajstić information content (AvgIpc) is 2.98. The molecule has 0 fully saturated rings. The average molecular weight is 292 g/mol. The van der Waals surface area contributed by atoms with Gasteiger partial charge in [0.05, 0.1) is 10.7 Å². The van der Waals surface area contributed by atoms with Crippen molar-refractivity contribution in [3.8, 4) is 0 Å². The van der Waals surface area contributed by atoms with Crippen LogP contribution in [0.1, 0.15) is 35.3 Å². The Labute approximate surface area is 125 Å². The van der Waals surface area contributed by atoms with Gasteiger partial charge in [0.25, 0.3) is 0 Å². The Morgan fingerprint density at radius 1 is 1.40 bits per heavy atom. The molecule has 0 bridgehead atoms. The molecule has 1 N–H and O–H groups in total. The zero-order chi connectivity index (χ0) is 14.5. The number of hydrogen-bond donors (Lipinski definition) is 1. The second kappa shape index (κ2) is 6.99. The standard InChI is InChI=1S/C15H24N4S/c1-5-16-13(10-15-17-8-9-20-15)6-7-14-11(2)18-19(4)12(14)3/h8-9,13,16H,5-7,10H2,1-4H3. The third-order valence-electron chi connectivity index (χ3n) is 3.80. The van der Waals surface area contributed by atoms with Crippen molar-refractivity contribution in [2.45, 2.75) is 46.1 Å². The molecule has 2 heterocycles. The maximum atomic E-state index is 4.50. The molecule has 0 radical (unpaired) electrons. The summed E-state index contributed by atoms with van der Waals surface area (Å²) < 4.78 is 1.98. The number of nitrogens with one attached hydrogen (secondary N) is 1. The summed E-state index contributed by atoms with van der Waals surface area (Å²) in [5, 5.41) is 11.3. The summed E-state index contributed by atoms with van der Waals surface area (Å²) in [4.78, 5) is 4.39. The van der Waals surface area contributed by atoms with Crippen LogP contribution in [0, 0.1) is 13.8 Å². The summed E-state index contributed by atoms with van der Waals surface area (Å²) in [7, 11) is 2.02. The molecule has 0 aromatic carbocycles. The zero-order valence-electron chi connectivity index (χ0n) is 12.8. The van der Waals surface area contributed by atoms with E-state index >= 15 is 0 Å². The van der Waals surface area contributed by atoms with Gasteiger partial charge in [-0.1, -0.05) is 6.92 Å². The molecular weight excluding hydrogens is 268 g/mol. The molecule has 110 valence electrons. The van der Waals surface area contributed by atoms with Gasteiger partial charge in [-0.05, 0) is 38.8 Å². The minimum atomic E-state index is 0.491. The summed E-state index contributed by atoms with van der Waals surface area (Å²) >= 11 is 1.74. The molecular formula is C15H24N4S. The minimum Gasteiger partial charge on any atom is -0.314 e. The van der Waals surface area contributed by atoms with Gasteiger partial charge in [0.1, 0.15) is 0 Å². The van der Waals surface area contributed by atoms with Crippen LogP contribution in [0.5, 0.6) is 0 Å². The first-order valence-corrected chi connectivity index (χ1v) is 8.10. The van der Waals surface area contributed by atoms with Gasteiger partial charge < -0.3 is 5.32 Å². The van der Waals surface area contributed by atoms with Crippen LogP contribution in [0.4, 0.5) is 0 Å². The lowest BCUT2D eigenvalue weighted by atomic mass is 10.0. The molecule has 0 aliphatic rings. The first-order chi connectivity index (χ1) is 9.61. The molecule has 4 nitrogen and oxygen atoms in total. The van der Waals surface area contributed by atoms with E-state index in [2.05, 4.69) is 36.2 Å². The van der Waals surface area contributed by atoms with Gasteiger partial charge in [0, 0.05) is 36.8 Å². The highest BCUT2D eigenvalue weighted by atomic mass is 32.1. The number of aryl methyl sites for hydroxylation is 2. The molecule has 0 aliphatic heterocycles. The quantitative estimate of drug-likeness (QED) is 0.853. The van der Waals surface area contributed by atoms with Crippen LogP contribution in [-0.4, -0.2) is 27.4 Å². The van der Waals surface area contributed by atoms with Crippen molar-refractivity contribution in [3.63, 3.8) is 0 Å². The van der Waals surface area contributed by atoms with Crippen molar-refractivity contribution in [3.05, 3.63) is 33.5 Å². The Balaban J connectivity index is 1.98. The summed E-state index contributed by atoms with van der Waals surface area (Å²) in [5.41, 5.74) is 3.84. The van der Waals surface area contributed by atoms with Crippen molar-refractivity contribution in [1.29, 1.82) is 0 Å². The van der Waals surface area contributed by atoms with E-state index < -0.39 is 0 Å². The van der Waals surface area contributed by atoms with E-state index in [0.717, 1.165) is 31.5 Å². The summed E-state index contributed by atoms with van der Waals surface area (Å²) in [6, 6.07) is 0.491. The zero-order valence-corrected chi connectivity index (χ0v) is 13.6. The van der Waals surface area contributed by atoms with Crippen LogP contribution in [0.15, 0.2) is 11.6 Å². The van der Waals surface area contributed by atoms with Crippen LogP contribution >= 0.6 is 11.3 Å². The Bertz CT molecular complexity index is 530. The first kappa shape index (κ1) is 15.2. The summed E-state index contributed by atoms with van der Waals surface area (Å²) in [5.74, 6) is 0. The molecule has 2 rings (SSSR count). The van der Waals surface area contributed by atoms with E-state index in [-0.39, 0.29) is 0 Å². The molecule has 2 aromatic rings. The fourth-order valence-corrected chi connectivity index (χ4v) is 3.33. The normalized spacial score (nSPS) is 12.8. The molecule has 1 atom stereocenters. The van der Waals surface area contributed by atoms with Crippen molar-refractivity contribution < 1.29 is 0 Å². The molecule has 0 spiro atoms. The summed E-state index contributed by atoms with van der Waals surface area (Å²) in [6.45, 7) is 7.42. The molecule has 20 heavy (non-hydrogen) atoms. The van der Waals surface area contributed by atoms with Crippen LogP contribution in [0.2, 0.25) is 0 Å². The topological polar surface area (TPSA) is 42.7 Å². The molecule has 2 aromatic heterocycles. The second-order valence-corrected chi connectivity index (χ2v) is 6.18. The highest BCUT2D eigenvalue weighted by Crippen LogP contribution is 2.17. The lowest BCUT2D eigenvalue weighted by Gasteiger charge is -2.16. The van der Waals surface area contributed by atoms with E-state index in [1.54, 1.807) is 11.3 Å². The maximum Gasteiger partial charge on any atom is 0.0940 e. The number of likely N-dealkylation sites (N-methyl/N-ethyl adjacent to an activating group) is 1. The lowest BCUT2D eigenvalue weighted by Crippen LogP contribution is -2.31. The van der Waals surface area contributed by atoms with Crippen LogP contribution in [-0.2, 0) is 19.9 Å². The van der Waals surface area contributed by atoms with E-state index in [9.17, 15) is 0 Å². The molecule has 5 heteroatoms. The third-order valence-corrected chi connectivity index (χ3v) is 4.60. The molecule has 0 amide bonds. The molecule has 1 unspecified atom stereocenters. The monoisotopic (exact) mass is 292 g/mol. The lowest BCUT2D eigenvalue weighted by molar-refractivity contribution is 0.489. The van der Waals surface area contributed by atoms with Crippen molar-refractivity contribution >= 4 is 11.3 Å². The van der Waals surface area contributed by atoms with E-state index in [0.29, 0.717) is 6.04 Å². The number of nitrogens with zero attached hydrogens (tertiary/aromatic N) is 3. The Kier molecular flexibility index (Phi) is 5.31. The number of rotatable bonds is 7. The Hall–Kier alpha value is -1.20. The predicted molar refractivity (Wildman–Crippen MR) is 84.3 cm³/mol. The molecule has 0 aliphatic carbocycles. The second-order valence-electron chi connectivity index (χ2n) is 5.20. The van der Waals surface area contributed by atoms with Crippen LogP contribution in [0.3, 0.4) is 0 Å². The van der Waals surface area contributed by atoms with Gasteiger partial charge in [-0.3, -0.25) is 4.68 Å². The molecule has 0 saturated carbocycles. The van der Waals surface area contributed by atoms with Gasteiger partial charge >= 0.3 is 0 Å². The van der Waals surface area contributed by atoms with E-state index in [1.807, 2.05) is 23.3 Å². The van der Waals surface area contributed by atoms with Crippen LogP contribution < -0.4 is 5.32 Å². The SMILES string of the molecule is CCNC(CCc1c(C)nn(C)c1C)Cc1nccs1. The van der Waals surface area contributed by atoms with E-state index in [4.69, 9.17) is 0 Å². The van der Waals surface area contributed by atoms with Gasteiger partial charge in [-0.15, -0.1) is 11.3 Å². The Morgan fingerprint density at radius 3 is 2.75 bits per heavy atom. The van der Waals surface area contributed by atoms with Gasteiger partial charge in [-0.25, -0.2) is 4.98 Å². The number of hydrogen-bond acceptors (Lipinski definition) is 4. The van der Waals surface area contributed by atoms with Crippen molar-refractivity contribution in [2.75, 3.05) is 6.54 Å². The van der Waals surface area contributed by atoms with Gasteiger partial charge in [0.15, 0.2) is 0 Å². The number of aromatic nitrogens is 3. The van der Waals surface area contributed by atoms with E-state index in [1.165, 1.54) is 16.3 Å². The fourth-order valence-electron chi connectivity index (χ4n) is 2.63. The number of thiazole rings is 1.